The van der Waals surface area contributed by atoms with Crippen LogP contribution in [0, 0.1) is 19.7 Å². The van der Waals surface area contributed by atoms with Gasteiger partial charge < -0.3 is 10.3 Å². The monoisotopic (exact) mass is 311 g/mol. The average molecular weight is 311 g/mol. The second-order valence-electron chi connectivity index (χ2n) is 6.95. The molecule has 0 unspecified atom stereocenters. The molecule has 3 aromatic rings. The first kappa shape index (κ1) is 15.7. The van der Waals surface area contributed by atoms with Crippen molar-refractivity contribution in [1.29, 1.82) is 0 Å². The molecule has 0 bridgehead atoms. The first-order valence-electron chi connectivity index (χ1n) is 7.77. The number of imidazole rings is 1. The van der Waals surface area contributed by atoms with E-state index in [0.29, 0.717) is 6.54 Å². The van der Waals surface area contributed by atoms with Crippen LogP contribution in [0.25, 0.3) is 22.4 Å². The average Bonchev–Trinajstić information content (AvgIpc) is 2.76. The Morgan fingerprint density at radius 2 is 1.83 bits per heavy atom. The van der Waals surface area contributed by atoms with E-state index in [2.05, 4.69) is 30.5 Å². The van der Waals surface area contributed by atoms with E-state index in [4.69, 9.17) is 10.7 Å². The van der Waals surface area contributed by atoms with Crippen LogP contribution >= 0.6 is 0 Å². The molecule has 2 N–H and O–H groups in total. The van der Waals surface area contributed by atoms with Gasteiger partial charge in [-0.3, -0.25) is 0 Å². The van der Waals surface area contributed by atoms with Crippen LogP contribution in [-0.4, -0.2) is 15.1 Å². The molecule has 4 heteroatoms. The number of aromatic nitrogens is 2. The third-order valence-corrected chi connectivity index (χ3v) is 4.01. The van der Waals surface area contributed by atoms with Crippen LogP contribution in [0.1, 0.15) is 25.0 Å². The molecule has 0 saturated carbocycles. The Morgan fingerprint density at radius 3 is 2.48 bits per heavy atom. The molecule has 0 radical (unpaired) electrons. The molecule has 0 aliphatic rings. The fourth-order valence-corrected chi connectivity index (χ4v) is 2.80. The maximum Gasteiger partial charge on any atom is 0.141 e. The van der Waals surface area contributed by atoms with Gasteiger partial charge in [0.2, 0.25) is 0 Å². The highest BCUT2D eigenvalue weighted by Crippen LogP contribution is 2.28. The molecule has 2 aromatic carbocycles. The Bertz CT molecular complexity index is 872. The predicted octanol–water partition coefficient (Wildman–Crippen LogP) is 4.20. The van der Waals surface area contributed by atoms with Gasteiger partial charge in [-0.1, -0.05) is 12.1 Å². The number of fused-ring (bicyclic) bond motifs is 1. The number of rotatable bonds is 3. The van der Waals surface area contributed by atoms with E-state index in [0.717, 1.165) is 22.4 Å². The Hall–Kier alpha value is -2.20. The van der Waals surface area contributed by atoms with E-state index in [1.165, 1.54) is 23.3 Å². The molecular formula is C19H22FN3. The molecule has 120 valence electrons. The molecule has 0 saturated heterocycles. The lowest BCUT2D eigenvalue weighted by Crippen LogP contribution is -2.37. The largest absolute Gasteiger partial charge is 0.324 e. The normalized spacial score (nSPS) is 12.1. The van der Waals surface area contributed by atoms with Gasteiger partial charge in [-0.05, 0) is 63.1 Å². The SMILES string of the molecule is Cc1cc2nc(-c3cccc(F)c3)n(CC(C)(C)N)c2cc1C. The summed E-state index contributed by atoms with van der Waals surface area (Å²) in [5.41, 5.74) is 11.0. The Balaban J connectivity index is 2.29. The molecule has 1 heterocycles. The van der Waals surface area contributed by atoms with Crippen LogP contribution in [0.2, 0.25) is 0 Å². The number of nitrogens with zero attached hydrogens (tertiary/aromatic N) is 2. The standard InChI is InChI=1S/C19H22FN3/c1-12-8-16-17(9-13(12)2)23(11-19(3,4)21)18(22-16)14-6-5-7-15(20)10-14/h5-10H,11,21H2,1-4H3. The Morgan fingerprint density at radius 1 is 1.13 bits per heavy atom. The first-order valence-corrected chi connectivity index (χ1v) is 7.77. The van der Waals surface area contributed by atoms with Crippen molar-refractivity contribution in [2.75, 3.05) is 0 Å². The van der Waals surface area contributed by atoms with Crippen molar-refractivity contribution in [2.24, 2.45) is 5.73 Å². The van der Waals surface area contributed by atoms with Gasteiger partial charge in [0.1, 0.15) is 11.6 Å². The van der Waals surface area contributed by atoms with Gasteiger partial charge in [-0.2, -0.15) is 0 Å². The summed E-state index contributed by atoms with van der Waals surface area (Å²) in [6.07, 6.45) is 0. The number of halogens is 1. The second-order valence-corrected chi connectivity index (χ2v) is 6.95. The molecule has 0 atom stereocenters. The Kier molecular flexibility index (Phi) is 3.72. The fraction of sp³-hybridized carbons (Fsp3) is 0.316. The van der Waals surface area contributed by atoms with Crippen molar-refractivity contribution in [3.63, 3.8) is 0 Å². The highest BCUT2D eigenvalue weighted by molar-refractivity contribution is 5.82. The van der Waals surface area contributed by atoms with E-state index >= 15 is 0 Å². The lowest BCUT2D eigenvalue weighted by molar-refractivity contribution is 0.442. The van der Waals surface area contributed by atoms with Gasteiger partial charge in [0.15, 0.2) is 0 Å². The van der Waals surface area contributed by atoms with Crippen molar-refractivity contribution >= 4 is 11.0 Å². The smallest absolute Gasteiger partial charge is 0.141 e. The third-order valence-electron chi connectivity index (χ3n) is 4.01. The van der Waals surface area contributed by atoms with Crippen molar-refractivity contribution < 1.29 is 4.39 Å². The summed E-state index contributed by atoms with van der Waals surface area (Å²) >= 11 is 0. The van der Waals surface area contributed by atoms with Crippen LogP contribution < -0.4 is 5.73 Å². The van der Waals surface area contributed by atoms with E-state index < -0.39 is 5.54 Å². The highest BCUT2D eigenvalue weighted by atomic mass is 19.1. The zero-order chi connectivity index (χ0) is 16.8. The summed E-state index contributed by atoms with van der Waals surface area (Å²) < 4.78 is 15.7. The lowest BCUT2D eigenvalue weighted by Gasteiger charge is -2.21. The summed E-state index contributed by atoms with van der Waals surface area (Å²) in [6.45, 7) is 8.73. The number of benzene rings is 2. The molecule has 0 amide bonds. The summed E-state index contributed by atoms with van der Waals surface area (Å²) in [6, 6.07) is 10.8. The molecule has 3 nitrogen and oxygen atoms in total. The van der Waals surface area contributed by atoms with Gasteiger partial charge in [0, 0.05) is 17.6 Å². The van der Waals surface area contributed by atoms with Gasteiger partial charge in [0.25, 0.3) is 0 Å². The highest BCUT2D eigenvalue weighted by Gasteiger charge is 2.19. The van der Waals surface area contributed by atoms with Crippen LogP contribution in [0.4, 0.5) is 4.39 Å². The zero-order valence-electron chi connectivity index (χ0n) is 14.0. The summed E-state index contributed by atoms with van der Waals surface area (Å²) in [7, 11) is 0. The van der Waals surface area contributed by atoms with Crippen molar-refractivity contribution in [2.45, 2.75) is 39.8 Å². The van der Waals surface area contributed by atoms with Gasteiger partial charge in [-0.15, -0.1) is 0 Å². The molecular weight excluding hydrogens is 289 g/mol. The first-order chi connectivity index (χ1) is 10.7. The van der Waals surface area contributed by atoms with Gasteiger partial charge in [0.05, 0.1) is 11.0 Å². The van der Waals surface area contributed by atoms with Crippen molar-refractivity contribution in [1.82, 2.24) is 9.55 Å². The van der Waals surface area contributed by atoms with E-state index in [9.17, 15) is 4.39 Å². The third kappa shape index (κ3) is 3.13. The summed E-state index contributed by atoms with van der Waals surface area (Å²) in [5, 5.41) is 0. The van der Waals surface area contributed by atoms with E-state index in [1.54, 1.807) is 6.07 Å². The molecule has 3 rings (SSSR count). The topological polar surface area (TPSA) is 43.8 Å². The van der Waals surface area contributed by atoms with Gasteiger partial charge in [-0.25, -0.2) is 9.37 Å². The maximum atomic E-state index is 13.6. The van der Waals surface area contributed by atoms with Crippen LogP contribution in [-0.2, 0) is 6.54 Å². The predicted molar refractivity (Wildman–Crippen MR) is 92.9 cm³/mol. The van der Waals surface area contributed by atoms with Crippen LogP contribution in [0.5, 0.6) is 0 Å². The minimum absolute atomic E-state index is 0.263. The minimum Gasteiger partial charge on any atom is -0.324 e. The van der Waals surface area contributed by atoms with Gasteiger partial charge >= 0.3 is 0 Å². The number of nitrogens with two attached hydrogens (primary N) is 1. The van der Waals surface area contributed by atoms with Crippen LogP contribution in [0.15, 0.2) is 36.4 Å². The van der Waals surface area contributed by atoms with E-state index in [-0.39, 0.29) is 5.82 Å². The molecule has 23 heavy (non-hydrogen) atoms. The number of hydrogen-bond acceptors (Lipinski definition) is 2. The summed E-state index contributed by atoms with van der Waals surface area (Å²) in [5.74, 6) is 0.489. The molecule has 0 aliphatic carbocycles. The van der Waals surface area contributed by atoms with E-state index in [1.807, 2.05) is 19.9 Å². The molecule has 0 fully saturated rings. The minimum atomic E-state index is -0.394. The molecule has 1 aromatic heterocycles. The zero-order valence-corrected chi connectivity index (χ0v) is 14.0. The lowest BCUT2D eigenvalue weighted by atomic mass is 10.1. The quantitative estimate of drug-likeness (QED) is 0.788. The van der Waals surface area contributed by atoms with Crippen molar-refractivity contribution in [3.8, 4) is 11.4 Å². The summed E-state index contributed by atoms with van der Waals surface area (Å²) in [4.78, 5) is 4.75. The van der Waals surface area contributed by atoms with Crippen molar-refractivity contribution in [3.05, 3.63) is 53.3 Å². The fourth-order valence-electron chi connectivity index (χ4n) is 2.80. The van der Waals surface area contributed by atoms with Crippen LogP contribution in [0.3, 0.4) is 0 Å². The second kappa shape index (κ2) is 5.46. The Labute approximate surface area is 136 Å². The number of aryl methyl sites for hydroxylation is 2. The maximum absolute atomic E-state index is 13.6. The molecule has 0 spiro atoms. The molecule has 0 aliphatic heterocycles. The number of hydrogen-bond donors (Lipinski definition) is 1.